The number of likely N-dealkylation sites (tertiary alicyclic amines) is 1. The van der Waals surface area contributed by atoms with Crippen molar-refractivity contribution in [1.82, 2.24) is 4.90 Å². The number of carbonyl (C=O) groups is 1. The highest BCUT2D eigenvalue weighted by Crippen LogP contribution is 2.40. The van der Waals surface area contributed by atoms with Gasteiger partial charge < -0.3 is 14.4 Å². The van der Waals surface area contributed by atoms with Crippen molar-refractivity contribution < 1.29 is 14.3 Å². The standard InChI is InChI=1S/C15H13ClN2O3/c16-12-6-10(7-13-14(12)21-9-20-13)5-11(8-17)15(19)18-3-1-2-4-18/h5-7H,1-4,9H2/b11-5+. The van der Waals surface area contributed by atoms with Gasteiger partial charge in [0.25, 0.3) is 5.91 Å². The maximum atomic E-state index is 12.2. The van der Waals surface area contributed by atoms with Crippen LogP contribution in [-0.4, -0.2) is 30.7 Å². The maximum absolute atomic E-state index is 12.2. The number of rotatable bonds is 2. The van der Waals surface area contributed by atoms with Crippen LogP contribution in [0.2, 0.25) is 5.02 Å². The molecule has 0 aromatic heterocycles. The lowest BCUT2D eigenvalue weighted by Crippen LogP contribution is -2.28. The molecule has 1 amide bonds. The molecule has 0 saturated carbocycles. The summed E-state index contributed by atoms with van der Waals surface area (Å²) in [6.45, 7) is 1.54. The summed E-state index contributed by atoms with van der Waals surface area (Å²) in [7, 11) is 0. The molecule has 1 aromatic carbocycles. The fourth-order valence-corrected chi connectivity index (χ4v) is 2.74. The Kier molecular flexibility index (Phi) is 3.72. The predicted octanol–water partition coefficient (Wildman–Crippen LogP) is 2.60. The zero-order valence-electron chi connectivity index (χ0n) is 11.3. The minimum atomic E-state index is -0.233. The van der Waals surface area contributed by atoms with Crippen molar-refractivity contribution in [2.75, 3.05) is 19.9 Å². The van der Waals surface area contributed by atoms with E-state index in [-0.39, 0.29) is 18.3 Å². The first-order valence-electron chi connectivity index (χ1n) is 6.69. The van der Waals surface area contributed by atoms with E-state index in [0.717, 1.165) is 12.8 Å². The largest absolute Gasteiger partial charge is 0.454 e. The number of nitrogens with zero attached hydrogens (tertiary/aromatic N) is 2. The van der Waals surface area contributed by atoms with E-state index in [2.05, 4.69) is 0 Å². The molecule has 0 N–H and O–H groups in total. The second-order valence-corrected chi connectivity index (χ2v) is 5.31. The van der Waals surface area contributed by atoms with Crippen molar-refractivity contribution in [2.45, 2.75) is 12.8 Å². The lowest BCUT2D eigenvalue weighted by atomic mass is 10.1. The van der Waals surface area contributed by atoms with E-state index in [4.69, 9.17) is 21.1 Å². The van der Waals surface area contributed by atoms with Gasteiger partial charge >= 0.3 is 0 Å². The van der Waals surface area contributed by atoms with Gasteiger partial charge in [-0.3, -0.25) is 4.79 Å². The molecule has 108 valence electrons. The molecule has 1 aromatic rings. The van der Waals surface area contributed by atoms with Crippen LogP contribution in [0.4, 0.5) is 0 Å². The Labute approximate surface area is 127 Å². The first-order chi connectivity index (χ1) is 10.2. The number of carbonyl (C=O) groups excluding carboxylic acids is 1. The topological polar surface area (TPSA) is 62.6 Å². The van der Waals surface area contributed by atoms with Crippen LogP contribution in [-0.2, 0) is 4.79 Å². The Balaban J connectivity index is 1.90. The molecule has 0 aliphatic carbocycles. The summed E-state index contributed by atoms with van der Waals surface area (Å²) in [4.78, 5) is 13.9. The molecule has 0 atom stereocenters. The summed E-state index contributed by atoms with van der Waals surface area (Å²) in [6.07, 6.45) is 3.51. The van der Waals surface area contributed by atoms with Crippen LogP contribution in [0, 0.1) is 11.3 Å². The smallest absolute Gasteiger partial charge is 0.264 e. The zero-order chi connectivity index (χ0) is 14.8. The normalized spacial score (nSPS) is 17.0. The second-order valence-electron chi connectivity index (χ2n) is 4.91. The number of amides is 1. The highest BCUT2D eigenvalue weighted by atomic mass is 35.5. The van der Waals surface area contributed by atoms with Crippen molar-refractivity contribution >= 4 is 23.6 Å². The Bertz CT molecular complexity index is 658. The van der Waals surface area contributed by atoms with Crippen LogP contribution in [0.5, 0.6) is 11.5 Å². The third-order valence-corrected chi connectivity index (χ3v) is 3.79. The van der Waals surface area contributed by atoms with E-state index >= 15 is 0 Å². The summed E-state index contributed by atoms with van der Waals surface area (Å²) in [6, 6.07) is 5.34. The molecule has 2 heterocycles. The van der Waals surface area contributed by atoms with Crippen molar-refractivity contribution in [1.29, 1.82) is 5.26 Å². The summed E-state index contributed by atoms with van der Waals surface area (Å²) < 4.78 is 10.5. The minimum absolute atomic E-state index is 0.104. The molecule has 0 unspecified atom stereocenters. The van der Waals surface area contributed by atoms with Gasteiger partial charge in [0.05, 0.1) is 5.02 Å². The number of halogens is 1. The van der Waals surface area contributed by atoms with E-state index in [1.807, 2.05) is 6.07 Å². The van der Waals surface area contributed by atoms with Gasteiger partial charge in [-0.05, 0) is 36.6 Å². The highest BCUT2D eigenvalue weighted by molar-refractivity contribution is 6.32. The molecule has 2 aliphatic heterocycles. The van der Waals surface area contributed by atoms with Crippen molar-refractivity contribution in [3.63, 3.8) is 0 Å². The van der Waals surface area contributed by atoms with Crippen molar-refractivity contribution in [3.05, 3.63) is 28.3 Å². The SMILES string of the molecule is N#C/C(=C\c1cc(Cl)c2c(c1)OCO2)C(=O)N1CCCC1. The lowest BCUT2D eigenvalue weighted by molar-refractivity contribution is -0.125. The lowest BCUT2D eigenvalue weighted by Gasteiger charge is -2.14. The number of ether oxygens (including phenoxy) is 2. The van der Waals surface area contributed by atoms with Gasteiger partial charge in [0.1, 0.15) is 11.6 Å². The number of nitriles is 1. The summed E-state index contributed by atoms with van der Waals surface area (Å²) in [5.41, 5.74) is 0.750. The Morgan fingerprint density at radius 2 is 2.10 bits per heavy atom. The van der Waals surface area contributed by atoms with Crippen molar-refractivity contribution in [2.24, 2.45) is 0 Å². The first kappa shape index (κ1) is 13.8. The fraction of sp³-hybridized carbons (Fsp3) is 0.333. The average molecular weight is 305 g/mol. The molecular weight excluding hydrogens is 292 g/mol. The van der Waals surface area contributed by atoms with E-state index in [1.54, 1.807) is 17.0 Å². The van der Waals surface area contributed by atoms with E-state index in [1.165, 1.54) is 6.08 Å². The Morgan fingerprint density at radius 1 is 1.33 bits per heavy atom. The summed E-state index contributed by atoms with van der Waals surface area (Å²) in [5, 5.41) is 9.63. The van der Waals surface area contributed by atoms with Gasteiger partial charge in [-0.2, -0.15) is 5.26 Å². The van der Waals surface area contributed by atoms with Crippen molar-refractivity contribution in [3.8, 4) is 17.6 Å². The first-order valence-corrected chi connectivity index (χ1v) is 7.07. The molecule has 6 heteroatoms. The third-order valence-electron chi connectivity index (χ3n) is 3.50. The fourth-order valence-electron chi connectivity index (χ4n) is 2.47. The molecule has 5 nitrogen and oxygen atoms in total. The molecule has 21 heavy (non-hydrogen) atoms. The van der Waals surface area contributed by atoms with Gasteiger partial charge in [-0.1, -0.05) is 11.6 Å². The van der Waals surface area contributed by atoms with Gasteiger partial charge in [0.15, 0.2) is 11.5 Å². The molecule has 0 spiro atoms. The average Bonchev–Trinajstić information content (AvgIpc) is 3.14. The van der Waals surface area contributed by atoms with Gasteiger partial charge in [0, 0.05) is 13.1 Å². The van der Waals surface area contributed by atoms with E-state index < -0.39 is 0 Å². The number of hydrogen-bond donors (Lipinski definition) is 0. The highest BCUT2D eigenvalue weighted by Gasteiger charge is 2.22. The Morgan fingerprint density at radius 3 is 2.81 bits per heavy atom. The minimum Gasteiger partial charge on any atom is -0.454 e. The maximum Gasteiger partial charge on any atom is 0.264 e. The molecular formula is C15H13ClN2O3. The number of benzene rings is 1. The van der Waals surface area contributed by atoms with Crippen LogP contribution >= 0.6 is 11.6 Å². The predicted molar refractivity (Wildman–Crippen MR) is 77.0 cm³/mol. The quantitative estimate of drug-likeness (QED) is 0.622. The summed E-state index contributed by atoms with van der Waals surface area (Å²) >= 11 is 6.10. The zero-order valence-corrected chi connectivity index (χ0v) is 12.0. The molecule has 0 bridgehead atoms. The molecule has 1 fully saturated rings. The van der Waals surface area contributed by atoms with E-state index in [9.17, 15) is 10.1 Å². The van der Waals surface area contributed by atoms with Crippen LogP contribution in [0.15, 0.2) is 17.7 Å². The van der Waals surface area contributed by atoms with Crippen LogP contribution in [0.3, 0.4) is 0 Å². The summed E-state index contributed by atoms with van der Waals surface area (Å²) in [5.74, 6) is 0.793. The monoisotopic (exact) mass is 304 g/mol. The second kappa shape index (κ2) is 5.66. The molecule has 2 aliphatic rings. The van der Waals surface area contributed by atoms with E-state index in [0.29, 0.717) is 35.2 Å². The number of fused-ring (bicyclic) bond motifs is 1. The van der Waals surface area contributed by atoms with Crippen LogP contribution in [0.25, 0.3) is 6.08 Å². The van der Waals surface area contributed by atoms with Gasteiger partial charge in [0.2, 0.25) is 6.79 Å². The van der Waals surface area contributed by atoms with Crippen LogP contribution < -0.4 is 9.47 Å². The molecule has 1 saturated heterocycles. The van der Waals surface area contributed by atoms with Gasteiger partial charge in [-0.25, -0.2) is 0 Å². The van der Waals surface area contributed by atoms with Crippen LogP contribution in [0.1, 0.15) is 18.4 Å². The third kappa shape index (κ3) is 2.67. The Hall–Kier alpha value is -2.19. The number of hydrogen-bond acceptors (Lipinski definition) is 4. The van der Waals surface area contributed by atoms with Gasteiger partial charge in [-0.15, -0.1) is 0 Å². The molecule has 3 rings (SSSR count). The molecule has 0 radical (unpaired) electrons.